The van der Waals surface area contributed by atoms with Crippen LogP contribution in [0.25, 0.3) is 0 Å². The Hall–Kier alpha value is -2.08. The lowest BCUT2D eigenvalue weighted by molar-refractivity contribution is -0.160. The van der Waals surface area contributed by atoms with Crippen molar-refractivity contribution in [2.24, 2.45) is 0 Å². The molecule has 1 unspecified atom stereocenters. The fraction of sp³-hybridized carbons (Fsp3) is 0.467. The van der Waals surface area contributed by atoms with Crippen LogP contribution in [0, 0.1) is 0 Å². The predicted molar refractivity (Wildman–Crippen MR) is 77.5 cm³/mol. The van der Waals surface area contributed by atoms with Crippen molar-refractivity contribution in [3.8, 4) is 0 Å². The normalized spacial score (nSPS) is 16.3. The van der Waals surface area contributed by atoms with E-state index in [0.717, 1.165) is 5.56 Å². The highest BCUT2D eigenvalue weighted by atomic mass is 16.5. The SMILES string of the molecule is CC(OC(=O)Cc1ccc(N)cc1)C(=O)N1CCOCC1. The Morgan fingerprint density at radius 3 is 2.52 bits per heavy atom. The molecule has 1 aromatic carbocycles. The van der Waals surface area contributed by atoms with Gasteiger partial charge in [-0.1, -0.05) is 12.1 Å². The van der Waals surface area contributed by atoms with Gasteiger partial charge in [-0.15, -0.1) is 0 Å². The minimum Gasteiger partial charge on any atom is -0.452 e. The second-order valence-corrected chi connectivity index (χ2v) is 4.99. The van der Waals surface area contributed by atoms with E-state index in [9.17, 15) is 9.59 Å². The summed E-state index contributed by atoms with van der Waals surface area (Å²) in [7, 11) is 0. The van der Waals surface area contributed by atoms with Gasteiger partial charge in [0.05, 0.1) is 19.6 Å². The second kappa shape index (κ2) is 7.08. The van der Waals surface area contributed by atoms with Gasteiger partial charge in [0.1, 0.15) is 0 Å². The molecule has 2 N–H and O–H groups in total. The number of hydrogen-bond acceptors (Lipinski definition) is 5. The minimum atomic E-state index is -0.774. The van der Waals surface area contributed by atoms with E-state index in [1.54, 1.807) is 36.1 Å². The van der Waals surface area contributed by atoms with E-state index in [-0.39, 0.29) is 12.3 Å². The average molecular weight is 292 g/mol. The fourth-order valence-electron chi connectivity index (χ4n) is 2.13. The van der Waals surface area contributed by atoms with Crippen LogP contribution in [-0.2, 0) is 25.5 Å². The maximum atomic E-state index is 12.1. The van der Waals surface area contributed by atoms with Crippen molar-refractivity contribution in [2.75, 3.05) is 32.0 Å². The van der Waals surface area contributed by atoms with E-state index in [4.69, 9.17) is 15.2 Å². The number of morpholine rings is 1. The number of nitrogens with zero attached hydrogens (tertiary/aromatic N) is 1. The molecule has 2 rings (SSSR count). The largest absolute Gasteiger partial charge is 0.452 e. The molecule has 1 aromatic rings. The zero-order chi connectivity index (χ0) is 15.2. The fourth-order valence-corrected chi connectivity index (χ4v) is 2.13. The lowest BCUT2D eigenvalue weighted by Crippen LogP contribution is -2.46. The second-order valence-electron chi connectivity index (χ2n) is 4.99. The van der Waals surface area contributed by atoms with E-state index in [2.05, 4.69) is 0 Å². The number of esters is 1. The van der Waals surface area contributed by atoms with Gasteiger partial charge in [0.2, 0.25) is 0 Å². The maximum Gasteiger partial charge on any atom is 0.311 e. The highest BCUT2D eigenvalue weighted by Crippen LogP contribution is 2.09. The quantitative estimate of drug-likeness (QED) is 0.649. The first-order valence-corrected chi connectivity index (χ1v) is 6.96. The number of anilines is 1. The molecule has 0 aliphatic carbocycles. The van der Waals surface area contributed by atoms with Crippen molar-refractivity contribution >= 4 is 17.6 Å². The van der Waals surface area contributed by atoms with E-state index >= 15 is 0 Å². The number of benzene rings is 1. The van der Waals surface area contributed by atoms with Gasteiger partial charge < -0.3 is 20.1 Å². The van der Waals surface area contributed by atoms with E-state index < -0.39 is 12.1 Å². The van der Waals surface area contributed by atoms with Crippen LogP contribution in [0.1, 0.15) is 12.5 Å². The summed E-state index contributed by atoms with van der Waals surface area (Å²) in [6, 6.07) is 6.99. The van der Waals surface area contributed by atoms with E-state index in [0.29, 0.717) is 32.0 Å². The van der Waals surface area contributed by atoms with Gasteiger partial charge in [-0.05, 0) is 24.6 Å². The molecule has 0 aromatic heterocycles. The number of nitrogen functional groups attached to an aromatic ring is 1. The number of rotatable bonds is 4. The number of amides is 1. The van der Waals surface area contributed by atoms with Crippen LogP contribution < -0.4 is 5.73 Å². The molecule has 1 saturated heterocycles. The Balaban J connectivity index is 1.83. The van der Waals surface area contributed by atoms with E-state index in [1.165, 1.54) is 0 Å². The van der Waals surface area contributed by atoms with Crippen LogP contribution in [0.5, 0.6) is 0 Å². The molecule has 0 spiro atoms. The van der Waals surface area contributed by atoms with Crippen molar-refractivity contribution in [3.05, 3.63) is 29.8 Å². The number of hydrogen-bond donors (Lipinski definition) is 1. The van der Waals surface area contributed by atoms with Crippen LogP contribution in [0.4, 0.5) is 5.69 Å². The standard InChI is InChI=1S/C15H20N2O4/c1-11(15(19)17-6-8-20-9-7-17)21-14(18)10-12-2-4-13(16)5-3-12/h2-5,11H,6-10,16H2,1H3. The van der Waals surface area contributed by atoms with Crippen LogP contribution >= 0.6 is 0 Å². The molecule has 0 radical (unpaired) electrons. The Morgan fingerprint density at radius 2 is 1.90 bits per heavy atom. The molecule has 114 valence electrons. The molecule has 1 fully saturated rings. The minimum absolute atomic E-state index is 0.126. The van der Waals surface area contributed by atoms with Crippen molar-refractivity contribution in [2.45, 2.75) is 19.4 Å². The van der Waals surface area contributed by atoms with Gasteiger partial charge in [0.25, 0.3) is 5.91 Å². The molecule has 1 aliphatic rings. The zero-order valence-corrected chi connectivity index (χ0v) is 12.1. The van der Waals surface area contributed by atoms with Gasteiger partial charge in [0.15, 0.2) is 6.10 Å². The summed E-state index contributed by atoms with van der Waals surface area (Å²) in [5.74, 6) is -0.599. The van der Waals surface area contributed by atoms with Gasteiger partial charge >= 0.3 is 5.97 Å². The molecule has 1 aliphatic heterocycles. The van der Waals surface area contributed by atoms with Crippen molar-refractivity contribution in [1.29, 1.82) is 0 Å². The highest BCUT2D eigenvalue weighted by molar-refractivity contribution is 5.84. The Kier molecular flexibility index (Phi) is 5.16. The van der Waals surface area contributed by atoms with Gasteiger partial charge in [0, 0.05) is 18.8 Å². The van der Waals surface area contributed by atoms with Crippen LogP contribution in [0.2, 0.25) is 0 Å². The molecule has 6 heteroatoms. The van der Waals surface area contributed by atoms with Crippen LogP contribution in [0.15, 0.2) is 24.3 Å². The van der Waals surface area contributed by atoms with Crippen LogP contribution in [-0.4, -0.2) is 49.2 Å². The third-order valence-electron chi connectivity index (χ3n) is 3.31. The topological polar surface area (TPSA) is 81.9 Å². The predicted octanol–water partition coefficient (Wildman–Crippen LogP) is 0.602. The molecular formula is C15H20N2O4. The third kappa shape index (κ3) is 4.46. The molecule has 0 saturated carbocycles. The Morgan fingerprint density at radius 1 is 1.29 bits per heavy atom. The van der Waals surface area contributed by atoms with Crippen molar-refractivity contribution < 1.29 is 19.1 Å². The summed E-state index contributed by atoms with van der Waals surface area (Å²) < 4.78 is 10.4. The average Bonchev–Trinajstić information content (AvgIpc) is 2.49. The van der Waals surface area contributed by atoms with Gasteiger partial charge in [-0.3, -0.25) is 9.59 Å². The number of nitrogens with two attached hydrogens (primary N) is 1. The Labute approximate surface area is 123 Å². The number of carbonyl (C=O) groups is 2. The molecule has 1 atom stereocenters. The molecule has 1 amide bonds. The summed E-state index contributed by atoms with van der Waals surface area (Å²) in [4.78, 5) is 25.6. The molecular weight excluding hydrogens is 272 g/mol. The maximum absolute atomic E-state index is 12.1. The lowest BCUT2D eigenvalue weighted by atomic mass is 10.1. The van der Waals surface area contributed by atoms with Gasteiger partial charge in [-0.2, -0.15) is 0 Å². The smallest absolute Gasteiger partial charge is 0.311 e. The zero-order valence-electron chi connectivity index (χ0n) is 12.1. The Bertz CT molecular complexity index is 495. The van der Waals surface area contributed by atoms with E-state index in [1.807, 2.05) is 0 Å². The monoisotopic (exact) mass is 292 g/mol. The first-order valence-electron chi connectivity index (χ1n) is 6.96. The first kappa shape index (κ1) is 15.3. The van der Waals surface area contributed by atoms with Crippen molar-refractivity contribution in [3.63, 3.8) is 0 Å². The van der Waals surface area contributed by atoms with Gasteiger partial charge in [-0.25, -0.2) is 0 Å². The summed E-state index contributed by atoms with van der Waals surface area (Å²) in [5, 5.41) is 0. The number of carbonyl (C=O) groups excluding carboxylic acids is 2. The molecule has 6 nitrogen and oxygen atoms in total. The summed E-state index contributed by atoms with van der Waals surface area (Å²) in [6.45, 7) is 3.73. The summed E-state index contributed by atoms with van der Waals surface area (Å²) >= 11 is 0. The lowest BCUT2D eigenvalue weighted by Gasteiger charge is -2.28. The molecule has 0 bridgehead atoms. The molecule has 21 heavy (non-hydrogen) atoms. The first-order chi connectivity index (χ1) is 10.1. The van der Waals surface area contributed by atoms with Crippen molar-refractivity contribution in [1.82, 2.24) is 4.90 Å². The highest BCUT2D eigenvalue weighted by Gasteiger charge is 2.25. The summed E-state index contributed by atoms with van der Waals surface area (Å²) in [6.07, 6.45) is -0.648. The van der Waals surface area contributed by atoms with Crippen LogP contribution in [0.3, 0.4) is 0 Å². The summed E-state index contributed by atoms with van der Waals surface area (Å²) in [5.41, 5.74) is 7.03. The third-order valence-corrected chi connectivity index (χ3v) is 3.31. The number of ether oxygens (including phenoxy) is 2. The molecule has 1 heterocycles.